The number of thiophene rings is 1. The Balaban J connectivity index is 2.30. The molecule has 0 aromatic carbocycles. The van der Waals surface area contributed by atoms with Crippen LogP contribution in [0.3, 0.4) is 0 Å². The lowest BCUT2D eigenvalue weighted by molar-refractivity contribution is 0.236. The van der Waals surface area contributed by atoms with E-state index in [-0.39, 0.29) is 0 Å². The summed E-state index contributed by atoms with van der Waals surface area (Å²) in [6, 6.07) is 4.71. The minimum Gasteiger partial charge on any atom is -0.320 e. The van der Waals surface area contributed by atoms with Gasteiger partial charge in [-0.05, 0) is 52.5 Å². The first kappa shape index (κ1) is 14.0. The summed E-state index contributed by atoms with van der Waals surface area (Å²) in [5, 5.41) is 3.18. The van der Waals surface area contributed by atoms with Gasteiger partial charge in [-0.2, -0.15) is 0 Å². The second-order valence-corrected chi connectivity index (χ2v) is 6.02. The van der Waals surface area contributed by atoms with Crippen LogP contribution >= 0.6 is 22.9 Å². The van der Waals surface area contributed by atoms with Gasteiger partial charge >= 0.3 is 0 Å². The highest BCUT2D eigenvalue weighted by Crippen LogP contribution is 2.23. The van der Waals surface area contributed by atoms with Crippen LogP contribution in [0.1, 0.15) is 24.6 Å². The van der Waals surface area contributed by atoms with Crippen molar-refractivity contribution in [3.8, 4) is 0 Å². The second kappa shape index (κ2) is 7.28. The molecule has 0 radical (unpaired) electrons. The fourth-order valence-corrected chi connectivity index (χ4v) is 2.78. The van der Waals surface area contributed by atoms with Gasteiger partial charge in [-0.3, -0.25) is 4.90 Å². The van der Waals surface area contributed by atoms with E-state index in [1.165, 1.54) is 17.7 Å². The lowest BCUT2D eigenvalue weighted by Crippen LogP contribution is -2.28. The summed E-state index contributed by atoms with van der Waals surface area (Å²) in [4.78, 5) is 3.73. The molecule has 0 amide bonds. The molecule has 1 atom stereocenters. The Hall–Kier alpha value is -0.0900. The molecule has 0 saturated heterocycles. The van der Waals surface area contributed by atoms with E-state index in [1.807, 2.05) is 13.1 Å². The molecule has 0 fully saturated rings. The van der Waals surface area contributed by atoms with Crippen LogP contribution in [0.4, 0.5) is 0 Å². The number of hydrogen-bond donors (Lipinski definition) is 1. The van der Waals surface area contributed by atoms with Gasteiger partial charge in [0, 0.05) is 17.5 Å². The maximum atomic E-state index is 5.92. The molecule has 0 bridgehead atoms. The van der Waals surface area contributed by atoms with Crippen molar-refractivity contribution in [1.29, 1.82) is 0 Å². The zero-order valence-corrected chi connectivity index (χ0v) is 11.9. The van der Waals surface area contributed by atoms with Gasteiger partial charge < -0.3 is 5.32 Å². The molecule has 1 rings (SSSR count). The molecule has 0 aliphatic rings. The molecule has 0 aliphatic heterocycles. The number of halogens is 1. The summed E-state index contributed by atoms with van der Waals surface area (Å²) < 4.78 is 0.881. The molecule has 1 unspecified atom stereocenters. The Labute approximate surface area is 108 Å². The van der Waals surface area contributed by atoms with E-state index in [4.69, 9.17) is 11.6 Å². The molecule has 0 spiro atoms. The number of hydrogen-bond acceptors (Lipinski definition) is 3. The van der Waals surface area contributed by atoms with Gasteiger partial charge in [0.15, 0.2) is 0 Å². The third kappa shape index (κ3) is 4.83. The smallest absolute Gasteiger partial charge is 0.0931 e. The molecule has 1 N–H and O–H groups in total. The standard InChI is InChI=1S/C12H21ClN2S/c1-10(5-4-8-14-2)15(3)9-11-6-7-12(13)16-11/h6-7,10,14H,4-5,8-9H2,1-3H3. The van der Waals surface area contributed by atoms with Crippen molar-refractivity contribution in [1.82, 2.24) is 10.2 Å². The van der Waals surface area contributed by atoms with Crippen LogP contribution in [0.2, 0.25) is 4.34 Å². The highest BCUT2D eigenvalue weighted by Gasteiger charge is 2.10. The van der Waals surface area contributed by atoms with Gasteiger partial charge in [0.1, 0.15) is 0 Å². The molecule has 2 nitrogen and oxygen atoms in total. The average molecular weight is 261 g/mol. The molecule has 16 heavy (non-hydrogen) atoms. The molecule has 1 heterocycles. The van der Waals surface area contributed by atoms with E-state index in [0.717, 1.165) is 17.4 Å². The molecule has 0 aliphatic carbocycles. The molecule has 0 saturated carbocycles. The van der Waals surface area contributed by atoms with E-state index >= 15 is 0 Å². The Morgan fingerprint density at radius 3 is 2.81 bits per heavy atom. The minimum atomic E-state index is 0.620. The maximum absolute atomic E-state index is 5.92. The zero-order valence-electron chi connectivity index (χ0n) is 10.3. The SMILES string of the molecule is CNCCCC(C)N(C)Cc1ccc(Cl)s1. The first-order chi connectivity index (χ1) is 7.63. The van der Waals surface area contributed by atoms with Crippen molar-refractivity contribution in [3.63, 3.8) is 0 Å². The number of rotatable bonds is 7. The zero-order chi connectivity index (χ0) is 12.0. The van der Waals surface area contributed by atoms with Crippen molar-refractivity contribution in [3.05, 3.63) is 21.3 Å². The van der Waals surface area contributed by atoms with Crippen molar-refractivity contribution in [2.75, 3.05) is 20.6 Å². The maximum Gasteiger partial charge on any atom is 0.0931 e. The van der Waals surface area contributed by atoms with E-state index < -0.39 is 0 Å². The van der Waals surface area contributed by atoms with E-state index in [9.17, 15) is 0 Å². The summed E-state index contributed by atoms with van der Waals surface area (Å²) in [6.45, 7) is 4.38. The largest absolute Gasteiger partial charge is 0.320 e. The Morgan fingerprint density at radius 2 is 2.25 bits per heavy atom. The Kier molecular flexibility index (Phi) is 6.36. The van der Waals surface area contributed by atoms with Crippen LogP contribution in [-0.4, -0.2) is 31.6 Å². The highest BCUT2D eigenvalue weighted by molar-refractivity contribution is 7.16. The Bertz CT molecular complexity index is 301. The molecular weight excluding hydrogens is 240 g/mol. The van der Waals surface area contributed by atoms with Gasteiger partial charge in [0.25, 0.3) is 0 Å². The third-order valence-electron chi connectivity index (χ3n) is 2.84. The second-order valence-electron chi connectivity index (χ2n) is 4.22. The summed E-state index contributed by atoms with van der Waals surface area (Å²) in [7, 11) is 4.18. The summed E-state index contributed by atoms with van der Waals surface area (Å²) >= 11 is 7.59. The molecule has 92 valence electrons. The van der Waals surface area contributed by atoms with Crippen LogP contribution in [-0.2, 0) is 6.54 Å². The Morgan fingerprint density at radius 1 is 1.50 bits per heavy atom. The van der Waals surface area contributed by atoms with Gasteiger partial charge in [-0.15, -0.1) is 11.3 Å². The van der Waals surface area contributed by atoms with Crippen LogP contribution in [0, 0.1) is 0 Å². The summed E-state index contributed by atoms with van der Waals surface area (Å²) in [5.74, 6) is 0. The fourth-order valence-electron chi connectivity index (χ4n) is 1.63. The third-order valence-corrected chi connectivity index (χ3v) is 4.05. The normalized spacial score (nSPS) is 13.3. The van der Waals surface area contributed by atoms with Crippen molar-refractivity contribution >= 4 is 22.9 Å². The van der Waals surface area contributed by atoms with Gasteiger partial charge in [0.05, 0.1) is 4.34 Å². The predicted octanol–water partition coefficient (Wildman–Crippen LogP) is 3.22. The van der Waals surface area contributed by atoms with Crippen LogP contribution in [0.25, 0.3) is 0 Å². The van der Waals surface area contributed by atoms with Gasteiger partial charge in [-0.25, -0.2) is 0 Å². The highest BCUT2D eigenvalue weighted by atomic mass is 35.5. The van der Waals surface area contributed by atoms with Crippen LogP contribution < -0.4 is 5.32 Å². The first-order valence-corrected chi connectivity index (χ1v) is 6.92. The lowest BCUT2D eigenvalue weighted by Gasteiger charge is -2.24. The van der Waals surface area contributed by atoms with Gasteiger partial charge in [-0.1, -0.05) is 11.6 Å². The van der Waals surface area contributed by atoms with E-state index in [0.29, 0.717) is 6.04 Å². The molecule has 1 aromatic rings. The molecular formula is C12H21ClN2S. The predicted molar refractivity (Wildman–Crippen MR) is 73.4 cm³/mol. The number of nitrogens with one attached hydrogen (secondary N) is 1. The summed E-state index contributed by atoms with van der Waals surface area (Å²) in [6.07, 6.45) is 2.46. The quantitative estimate of drug-likeness (QED) is 0.758. The van der Waals surface area contributed by atoms with Crippen LogP contribution in [0.15, 0.2) is 12.1 Å². The molecule has 4 heteroatoms. The topological polar surface area (TPSA) is 15.3 Å². The lowest BCUT2D eigenvalue weighted by atomic mass is 10.1. The van der Waals surface area contributed by atoms with Crippen molar-refractivity contribution in [2.45, 2.75) is 32.4 Å². The van der Waals surface area contributed by atoms with E-state index in [2.05, 4.69) is 30.3 Å². The van der Waals surface area contributed by atoms with Gasteiger partial charge in [0.2, 0.25) is 0 Å². The molecule has 1 aromatic heterocycles. The number of nitrogens with zero attached hydrogens (tertiary/aromatic N) is 1. The fraction of sp³-hybridized carbons (Fsp3) is 0.667. The summed E-state index contributed by atoms with van der Waals surface area (Å²) in [5.41, 5.74) is 0. The minimum absolute atomic E-state index is 0.620. The van der Waals surface area contributed by atoms with Crippen LogP contribution in [0.5, 0.6) is 0 Å². The van der Waals surface area contributed by atoms with E-state index in [1.54, 1.807) is 11.3 Å². The van der Waals surface area contributed by atoms with Crippen molar-refractivity contribution in [2.24, 2.45) is 0 Å². The van der Waals surface area contributed by atoms with Crippen molar-refractivity contribution < 1.29 is 0 Å². The average Bonchev–Trinajstić information content (AvgIpc) is 2.64. The monoisotopic (exact) mass is 260 g/mol. The first-order valence-electron chi connectivity index (χ1n) is 5.72.